The van der Waals surface area contributed by atoms with Crippen molar-refractivity contribution in [3.8, 4) is 5.75 Å². The Hall–Kier alpha value is -4.29. The van der Waals surface area contributed by atoms with Crippen LogP contribution in [0, 0.1) is 25.7 Å². The Bertz CT molecular complexity index is 2040. The normalized spacial score (nSPS) is 21.0. The number of ketones is 2. The summed E-state index contributed by atoms with van der Waals surface area (Å²) in [6.45, 7) is -0.548. The third-order valence-electron chi connectivity index (χ3n) is 6.71. The number of hydrogen-bond donors (Lipinski definition) is 7. The second kappa shape index (κ2) is 19.3. The zero-order valence-corrected chi connectivity index (χ0v) is 25.5. The van der Waals surface area contributed by atoms with E-state index in [0.29, 0.717) is 16.7 Å². The van der Waals surface area contributed by atoms with Gasteiger partial charge in [-0.05, 0) is 99.5 Å². The zero-order valence-electron chi connectivity index (χ0n) is 41.5. The van der Waals surface area contributed by atoms with Gasteiger partial charge in [0.25, 0.3) is 0 Å². The van der Waals surface area contributed by atoms with Crippen molar-refractivity contribution in [3.63, 3.8) is 0 Å². The van der Waals surface area contributed by atoms with Gasteiger partial charge in [0, 0.05) is 46.3 Å². The molecule has 0 unspecified atom stereocenters. The second-order valence-corrected chi connectivity index (χ2v) is 10.3. The first-order valence-corrected chi connectivity index (χ1v) is 14.1. The molecule has 2 rings (SSSR count). The molecule has 0 aromatic heterocycles. The molecule has 2 aromatic rings. The number of Topliss-reactive ketones (excluding diaryl/α,β-unsaturated/α-hetero) is 2. The fraction of sp³-hybridized carbons (Fsp3) is 0.500. The molecular formula is C34H51N7O5. The van der Waals surface area contributed by atoms with Gasteiger partial charge < -0.3 is 39.1 Å². The largest absolute Gasteiger partial charge is 0.508 e. The number of aromatic hydroxyl groups is 1. The van der Waals surface area contributed by atoms with E-state index in [9.17, 15) is 24.3 Å². The fourth-order valence-corrected chi connectivity index (χ4v) is 4.41. The van der Waals surface area contributed by atoms with E-state index in [0.717, 1.165) is 0 Å². The van der Waals surface area contributed by atoms with Crippen molar-refractivity contribution >= 4 is 29.3 Å². The predicted molar refractivity (Wildman–Crippen MR) is 180 cm³/mol. The van der Waals surface area contributed by atoms with Gasteiger partial charge in [0.1, 0.15) is 11.5 Å². The molecule has 2 amide bonds. The summed E-state index contributed by atoms with van der Waals surface area (Å²) in [7, 11) is 0. The number of guanidine groups is 1. The second-order valence-electron chi connectivity index (χ2n) is 10.3. The number of carbonyl (C=O) groups excluding carboxylic acids is 4. The van der Waals surface area contributed by atoms with Gasteiger partial charge in [-0.15, -0.1) is 0 Å². The molecule has 12 heteroatoms. The number of amides is 2. The van der Waals surface area contributed by atoms with Gasteiger partial charge in [0.05, 0.1) is 18.9 Å². The maximum atomic E-state index is 14.5. The Balaban J connectivity index is 2.90. The topological polar surface area (TPSA) is 243 Å². The Morgan fingerprint density at radius 2 is 1.67 bits per heavy atom. The quantitative estimate of drug-likeness (QED) is 0.0584. The minimum atomic E-state index is -4.23. The lowest BCUT2D eigenvalue weighted by Gasteiger charge is -2.25. The van der Waals surface area contributed by atoms with E-state index < -0.39 is 134 Å². The van der Waals surface area contributed by atoms with Crippen LogP contribution in [-0.2, 0) is 32.0 Å². The third-order valence-corrected chi connectivity index (χ3v) is 6.71. The lowest BCUT2D eigenvalue weighted by atomic mass is 9.86. The number of phenols is 1. The minimum absolute atomic E-state index is 0.00400. The number of hydrogen-bond acceptors (Lipinski definition) is 8. The molecule has 0 radical (unpaired) electrons. The average molecular weight is 654 g/mol. The van der Waals surface area contributed by atoms with Crippen LogP contribution in [0.1, 0.15) is 89.0 Å². The number of nitrogens with two attached hydrogens (primary N) is 5. The number of aliphatic imine (C=N–C) groups is 1. The number of primary amides is 1. The number of phenolic OH excluding ortho intramolecular Hbond substituents is 1. The van der Waals surface area contributed by atoms with Crippen molar-refractivity contribution < 1.29 is 46.2 Å². The molecule has 0 spiro atoms. The minimum Gasteiger partial charge on any atom is -0.508 e. The van der Waals surface area contributed by atoms with Crippen LogP contribution in [0.25, 0.3) is 0 Å². The van der Waals surface area contributed by atoms with Crippen LogP contribution in [0.2, 0.25) is 0 Å². The maximum absolute atomic E-state index is 14.5. The SMILES string of the molecule is [2H]c1c([2H])c([2H])c(C([2H])([2H])[C@]([2H])(CC(=O)[C@@H](NC(=O)[C@@H](CC(=O)[C@H](N)CCCN=C(N)N)Cc2c(C)cc(O)cc2C)C([2H])([2H])C([2H])([2H])C([2H])([2H])C([2H])([2H])N)C(N)=O)c([2H])c1[2H]. The van der Waals surface area contributed by atoms with E-state index >= 15 is 0 Å². The number of carbonyl (C=O) groups is 4. The average Bonchev–Trinajstić information content (AvgIpc) is 3.13. The zero-order chi connectivity index (χ0) is 48.5. The Kier molecular flexibility index (Phi) is 8.40. The maximum Gasteiger partial charge on any atom is 0.224 e. The van der Waals surface area contributed by atoms with Crippen LogP contribution < -0.4 is 34.0 Å². The summed E-state index contributed by atoms with van der Waals surface area (Å²) in [6, 6.07) is -7.48. The summed E-state index contributed by atoms with van der Waals surface area (Å²) in [5.41, 5.74) is 27.3. The summed E-state index contributed by atoms with van der Waals surface area (Å²) in [5, 5.41) is 12.1. The smallest absolute Gasteiger partial charge is 0.224 e. The molecule has 0 saturated heterocycles. The summed E-state index contributed by atoms with van der Waals surface area (Å²) in [4.78, 5) is 59.3. The lowest BCUT2D eigenvalue weighted by Crippen LogP contribution is -2.46. The van der Waals surface area contributed by atoms with E-state index in [2.05, 4.69) is 4.99 Å². The molecule has 46 heavy (non-hydrogen) atoms. The first-order valence-electron chi connectivity index (χ1n) is 22.1. The molecule has 2 aromatic carbocycles. The number of nitrogens with zero attached hydrogens (tertiary/aromatic N) is 1. The molecule has 0 fully saturated rings. The third kappa shape index (κ3) is 13.0. The Morgan fingerprint density at radius 3 is 2.26 bits per heavy atom. The van der Waals surface area contributed by atoms with Crippen molar-refractivity contribution in [2.24, 2.45) is 45.5 Å². The molecule has 4 atom stereocenters. The van der Waals surface area contributed by atoms with Crippen molar-refractivity contribution in [1.29, 1.82) is 0 Å². The fourth-order valence-electron chi connectivity index (χ4n) is 4.41. The molecule has 0 aliphatic rings. The number of aryl methyl sites for hydroxylation is 2. The highest BCUT2D eigenvalue weighted by Gasteiger charge is 2.31. The van der Waals surface area contributed by atoms with Crippen molar-refractivity contribution in [1.82, 2.24) is 5.32 Å². The van der Waals surface area contributed by atoms with Gasteiger partial charge in [0.15, 0.2) is 11.7 Å². The van der Waals surface area contributed by atoms with Crippen LogP contribution in [0.4, 0.5) is 0 Å². The summed E-state index contributed by atoms with van der Waals surface area (Å²) < 4.78 is 134. The van der Waals surface area contributed by atoms with E-state index in [-0.39, 0.29) is 31.1 Å². The Labute approximate surface area is 294 Å². The van der Waals surface area contributed by atoms with Crippen LogP contribution >= 0.6 is 0 Å². The number of benzene rings is 2. The predicted octanol–water partition coefficient (Wildman–Crippen LogP) is 1.43. The summed E-state index contributed by atoms with van der Waals surface area (Å²) in [6.07, 6.45) is -19.2. The summed E-state index contributed by atoms with van der Waals surface area (Å²) in [5.74, 6) is -12.0. The lowest BCUT2D eigenvalue weighted by molar-refractivity contribution is -0.133. The van der Waals surface area contributed by atoms with E-state index in [1.54, 1.807) is 0 Å². The molecule has 0 bridgehead atoms. The highest BCUT2D eigenvalue weighted by atomic mass is 16.3. The first-order chi connectivity index (χ1) is 27.9. The molecule has 12 N–H and O–H groups in total. The van der Waals surface area contributed by atoms with Crippen LogP contribution in [0.3, 0.4) is 0 Å². The first kappa shape index (κ1) is 20.1. The van der Waals surface area contributed by atoms with Gasteiger partial charge in [-0.3, -0.25) is 24.2 Å². The molecule has 0 saturated carbocycles. The number of rotatable bonds is 21. The molecule has 12 nitrogen and oxygen atoms in total. The van der Waals surface area contributed by atoms with Gasteiger partial charge >= 0.3 is 0 Å². The van der Waals surface area contributed by atoms with Crippen molar-refractivity contribution in [3.05, 3.63) is 64.6 Å². The van der Waals surface area contributed by atoms with Crippen LogP contribution in [0.5, 0.6) is 5.75 Å². The van der Waals surface area contributed by atoms with Crippen molar-refractivity contribution in [2.45, 2.75) is 83.5 Å². The standard InChI is InChI=1S/C34H51N7O5/c1-21-15-26(42)16-22(2)27(21)18-25(20-30(43)28(36)11-8-14-40-34(38)39)33(46)41-29(12-6-7-13-35)31(44)19-24(32(37)45)17-23-9-4-3-5-10-23/h3-5,9-10,15-16,24-25,28-29,42H,6-8,11-14,17-20,35-36H2,1-2H3,(H2,37,45)(H,41,46)(H4,38,39,40)/t24-,25-,28-,29+/m1/s1/i3D,4D,5D,6D2,7D2,9D,10D,12D2,13D2,17D2,24D. The number of nitrogens with one attached hydrogen (secondary N) is 1. The van der Waals surface area contributed by atoms with E-state index in [1.807, 2.05) is 5.32 Å². The van der Waals surface area contributed by atoms with Gasteiger partial charge in [-0.25, -0.2) is 0 Å². The summed E-state index contributed by atoms with van der Waals surface area (Å²) >= 11 is 0. The molecule has 0 aliphatic carbocycles. The highest BCUT2D eigenvalue weighted by Crippen LogP contribution is 2.26. The van der Waals surface area contributed by atoms with Gasteiger partial charge in [0.2, 0.25) is 11.8 Å². The van der Waals surface area contributed by atoms with E-state index in [1.165, 1.54) is 26.0 Å². The molecule has 0 heterocycles. The van der Waals surface area contributed by atoms with Crippen molar-refractivity contribution in [2.75, 3.05) is 13.0 Å². The Morgan fingerprint density at radius 1 is 1.02 bits per heavy atom. The molecule has 252 valence electrons. The van der Waals surface area contributed by atoms with E-state index in [4.69, 9.17) is 50.6 Å². The monoisotopic (exact) mass is 653 g/mol. The highest BCUT2D eigenvalue weighted by molar-refractivity contribution is 5.94. The molecular weight excluding hydrogens is 586 g/mol. The van der Waals surface area contributed by atoms with Crippen LogP contribution in [-0.4, -0.2) is 59.6 Å². The van der Waals surface area contributed by atoms with Crippen LogP contribution in [0.15, 0.2) is 47.3 Å². The van der Waals surface area contributed by atoms with Gasteiger partial charge in [-0.1, -0.05) is 30.2 Å². The van der Waals surface area contributed by atoms with Gasteiger partial charge in [-0.2, -0.15) is 0 Å². The molecule has 0 aliphatic heterocycles.